The Morgan fingerprint density at radius 3 is 2.62 bits per heavy atom. The summed E-state index contributed by atoms with van der Waals surface area (Å²) in [6.45, 7) is 1.79. The topological polar surface area (TPSA) is 90.4 Å². The SMILES string of the molecule is CCC(OC(=O)c1ccccc1-c1nc2ccccc2s1)C(=O)Nc1nc(-c2cccc(OC)c2)cs1. The van der Waals surface area contributed by atoms with Crippen molar-refractivity contribution >= 4 is 49.9 Å². The van der Waals surface area contributed by atoms with Crippen LogP contribution in [0.4, 0.5) is 5.13 Å². The molecule has 186 valence electrons. The third kappa shape index (κ3) is 5.37. The predicted octanol–water partition coefficient (Wildman–Crippen LogP) is 6.67. The number of hydrogen-bond acceptors (Lipinski definition) is 8. The van der Waals surface area contributed by atoms with Crippen molar-refractivity contribution in [2.45, 2.75) is 19.4 Å². The maximum Gasteiger partial charge on any atom is 0.339 e. The van der Waals surface area contributed by atoms with Gasteiger partial charge in [0.1, 0.15) is 10.8 Å². The van der Waals surface area contributed by atoms with Crippen molar-refractivity contribution in [1.82, 2.24) is 9.97 Å². The summed E-state index contributed by atoms with van der Waals surface area (Å²) in [5.41, 5.74) is 3.50. The number of hydrogen-bond donors (Lipinski definition) is 1. The van der Waals surface area contributed by atoms with E-state index in [0.29, 0.717) is 28.4 Å². The number of para-hydroxylation sites is 1. The standard InChI is InChI=1S/C28H23N3O4S2/c1-3-23(25(32)31-28-30-22(16-36-28)17-9-8-10-18(15-17)34-2)35-27(33)20-12-5-4-11-19(20)26-29-21-13-6-7-14-24(21)37-26/h4-16,23H,3H2,1-2H3,(H,30,31,32). The molecule has 0 aliphatic carbocycles. The van der Waals surface area contributed by atoms with Crippen LogP contribution in [0.5, 0.6) is 5.75 Å². The Bertz CT molecular complexity index is 1540. The van der Waals surface area contributed by atoms with E-state index in [1.165, 1.54) is 22.7 Å². The summed E-state index contributed by atoms with van der Waals surface area (Å²) in [5, 5.41) is 5.78. The second-order valence-electron chi connectivity index (χ2n) is 8.09. The van der Waals surface area contributed by atoms with Crippen molar-refractivity contribution < 1.29 is 19.1 Å². The summed E-state index contributed by atoms with van der Waals surface area (Å²) in [6.07, 6.45) is -0.658. The van der Waals surface area contributed by atoms with Crippen molar-refractivity contribution in [1.29, 1.82) is 0 Å². The largest absolute Gasteiger partial charge is 0.497 e. The summed E-state index contributed by atoms with van der Waals surface area (Å²) in [7, 11) is 1.61. The van der Waals surface area contributed by atoms with Crippen LogP contribution in [-0.4, -0.2) is 35.1 Å². The zero-order valence-corrected chi connectivity index (χ0v) is 21.8. The summed E-state index contributed by atoms with van der Waals surface area (Å²) < 4.78 is 12.0. The third-order valence-corrected chi connectivity index (χ3v) is 7.51. The average Bonchev–Trinajstić information content (AvgIpc) is 3.59. The molecule has 0 fully saturated rings. The van der Waals surface area contributed by atoms with Gasteiger partial charge in [-0.2, -0.15) is 0 Å². The first-order valence-corrected chi connectivity index (χ1v) is 13.3. The number of anilines is 1. The molecule has 37 heavy (non-hydrogen) atoms. The number of thiazole rings is 2. The van der Waals surface area contributed by atoms with Gasteiger partial charge in [-0.3, -0.25) is 10.1 Å². The lowest BCUT2D eigenvalue weighted by atomic mass is 10.1. The highest BCUT2D eigenvalue weighted by Gasteiger charge is 2.25. The van der Waals surface area contributed by atoms with Crippen molar-refractivity contribution in [2.24, 2.45) is 0 Å². The van der Waals surface area contributed by atoms with Crippen LogP contribution in [0.2, 0.25) is 0 Å². The third-order valence-electron chi connectivity index (χ3n) is 5.68. The van der Waals surface area contributed by atoms with Gasteiger partial charge >= 0.3 is 5.97 Å². The normalized spacial score (nSPS) is 11.7. The molecule has 0 aliphatic heterocycles. The number of ether oxygens (including phenoxy) is 2. The van der Waals surface area contributed by atoms with Crippen LogP contribution in [0.25, 0.3) is 32.0 Å². The Kier molecular flexibility index (Phi) is 7.25. The number of fused-ring (bicyclic) bond motifs is 1. The first-order valence-electron chi connectivity index (χ1n) is 11.6. The molecule has 1 amide bonds. The van der Waals surface area contributed by atoms with Gasteiger partial charge in [-0.25, -0.2) is 14.8 Å². The number of carbonyl (C=O) groups excluding carboxylic acids is 2. The zero-order valence-electron chi connectivity index (χ0n) is 20.1. The highest BCUT2D eigenvalue weighted by atomic mass is 32.1. The molecular weight excluding hydrogens is 506 g/mol. The van der Waals surface area contributed by atoms with Crippen molar-refractivity contribution in [3.63, 3.8) is 0 Å². The van der Waals surface area contributed by atoms with Gasteiger partial charge in [0.25, 0.3) is 5.91 Å². The highest BCUT2D eigenvalue weighted by Crippen LogP contribution is 2.33. The number of amides is 1. The second-order valence-corrected chi connectivity index (χ2v) is 9.98. The quantitative estimate of drug-likeness (QED) is 0.226. The van der Waals surface area contributed by atoms with E-state index in [9.17, 15) is 9.59 Å². The van der Waals surface area contributed by atoms with Crippen LogP contribution in [0, 0.1) is 0 Å². The number of methoxy groups -OCH3 is 1. The monoisotopic (exact) mass is 529 g/mol. The number of nitrogens with one attached hydrogen (secondary N) is 1. The van der Waals surface area contributed by atoms with E-state index < -0.39 is 18.0 Å². The van der Waals surface area contributed by atoms with Crippen LogP contribution in [0.3, 0.4) is 0 Å². The van der Waals surface area contributed by atoms with Crippen LogP contribution in [0.1, 0.15) is 23.7 Å². The van der Waals surface area contributed by atoms with E-state index >= 15 is 0 Å². The van der Waals surface area contributed by atoms with Gasteiger partial charge in [0.15, 0.2) is 11.2 Å². The molecule has 0 bridgehead atoms. The molecule has 7 nitrogen and oxygen atoms in total. The number of benzene rings is 3. The Balaban J connectivity index is 1.31. The average molecular weight is 530 g/mol. The first kappa shape index (κ1) is 24.6. The minimum Gasteiger partial charge on any atom is -0.497 e. The maximum absolute atomic E-state index is 13.2. The van der Waals surface area contributed by atoms with Crippen LogP contribution >= 0.6 is 22.7 Å². The van der Waals surface area contributed by atoms with Gasteiger partial charge < -0.3 is 9.47 Å². The number of carbonyl (C=O) groups is 2. The molecular formula is C28H23N3O4S2. The molecule has 0 saturated heterocycles. The minimum absolute atomic E-state index is 0.314. The van der Waals surface area contributed by atoms with Crippen LogP contribution < -0.4 is 10.1 Å². The van der Waals surface area contributed by atoms with Crippen molar-refractivity contribution in [3.05, 3.63) is 83.7 Å². The maximum atomic E-state index is 13.2. The number of rotatable bonds is 8. The molecule has 0 aliphatic rings. The molecule has 0 saturated carbocycles. The zero-order chi connectivity index (χ0) is 25.8. The summed E-state index contributed by atoms with van der Waals surface area (Å²) in [4.78, 5) is 35.3. The lowest BCUT2D eigenvalue weighted by Gasteiger charge is -2.16. The number of nitrogens with zero attached hydrogens (tertiary/aromatic N) is 2. The molecule has 2 heterocycles. The lowest BCUT2D eigenvalue weighted by Crippen LogP contribution is -2.32. The summed E-state index contributed by atoms with van der Waals surface area (Å²) in [5.74, 6) is -0.284. The van der Waals surface area contributed by atoms with E-state index in [1.54, 1.807) is 26.2 Å². The molecule has 0 spiro atoms. The highest BCUT2D eigenvalue weighted by molar-refractivity contribution is 7.21. The molecule has 1 atom stereocenters. The Morgan fingerprint density at radius 1 is 1.00 bits per heavy atom. The van der Waals surface area contributed by atoms with Gasteiger partial charge in [-0.05, 0) is 36.8 Å². The van der Waals surface area contributed by atoms with E-state index in [0.717, 1.165) is 26.5 Å². The summed E-state index contributed by atoms with van der Waals surface area (Å²) in [6, 6.07) is 22.5. The van der Waals surface area contributed by atoms with Gasteiger partial charge in [-0.15, -0.1) is 22.7 Å². The van der Waals surface area contributed by atoms with E-state index in [-0.39, 0.29) is 0 Å². The number of esters is 1. The molecule has 1 N–H and O–H groups in total. The minimum atomic E-state index is -0.972. The van der Waals surface area contributed by atoms with Gasteiger partial charge in [0.2, 0.25) is 0 Å². The fourth-order valence-electron chi connectivity index (χ4n) is 3.78. The Labute approximate surface area is 221 Å². The van der Waals surface area contributed by atoms with E-state index in [1.807, 2.05) is 66.0 Å². The predicted molar refractivity (Wildman–Crippen MR) is 147 cm³/mol. The van der Waals surface area contributed by atoms with Gasteiger partial charge in [0, 0.05) is 16.5 Å². The molecule has 1 unspecified atom stereocenters. The lowest BCUT2D eigenvalue weighted by molar-refractivity contribution is -0.124. The van der Waals surface area contributed by atoms with Crippen LogP contribution in [-0.2, 0) is 9.53 Å². The van der Waals surface area contributed by atoms with Crippen molar-refractivity contribution in [3.8, 4) is 27.6 Å². The fourth-order valence-corrected chi connectivity index (χ4v) is 5.51. The first-order chi connectivity index (χ1) is 18.1. The number of aromatic nitrogens is 2. The molecule has 2 aromatic heterocycles. The Hall–Kier alpha value is -4.08. The Morgan fingerprint density at radius 2 is 1.81 bits per heavy atom. The second kappa shape index (κ2) is 10.9. The van der Waals surface area contributed by atoms with E-state index in [4.69, 9.17) is 9.47 Å². The van der Waals surface area contributed by atoms with Crippen molar-refractivity contribution in [2.75, 3.05) is 12.4 Å². The van der Waals surface area contributed by atoms with Gasteiger partial charge in [-0.1, -0.05) is 49.4 Å². The van der Waals surface area contributed by atoms with Gasteiger partial charge in [0.05, 0.1) is 28.6 Å². The van der Waals surface area contributed by atoms with E-state index in [2.05, 4.69) is 15.3 Å². The smallest absolute Gasteiger partial charge is 0.339 e. The molecule has 5 aromatic rings. The summed E-state index contributed by atoms with van der Waals surface area (Å²) >= 11 is 2.80. The van der Waals surface area contributed by atoms with Crippen LogP contribution in [0.15, 0.2) is 78.2 Å². The fraction of sp³-hybridized carbons (Fsp3) is 0.143. The molecule has 3 aromatic carbocycles. The molecule has 9 heteroatoms. The molecule has 0 radical (unpaired) electrons. The molecule has 5 rings (SSSR count).